The minimum atomic E-state index is 0.0583. The summed E-state index contributed by atoms with van der Waals surface area (Å²) in [5.41, 5.74) is 1.24. The first kappa shape index (κ1) is 19.3. The minimum absolute atomic E-state index is 0.0583. The van der Waals surface area contributed by atoms with Crippen LogP contribution in [0.3, 0.4) is 0 Å². The molecule has 1 aromatic heterocycles. The van der Waals surface area contributed by atoms with E-state index >= 15 is 0 Å². The highest BCUT2D eigenvalue weighted by Crippen LogP contribution is 2.42. The molecule has 2 saturated heterocycles. The van der Waals surface area contributed by atoms with Gasteiger partial charge in [0, 0.05) is 62.5 Å². The standard InChI is InChI=1S/C23H33N3O3/c27-22-7-3-6-20-17-12-18(15-25(14-17)19-8-10-29-11-9-19)21(26(20)22)13-24-23(28)16-4-1-2-5-16/h3,6-7,16-19,21H,1-2,4-5,8-15H2,(H,24,28)/t17-,18+,21+/m1/s1. The number of nitrogens with zero attached hydrogens (tertiary/aromatic N) is 2. The molecule has 1 N–H and O–H groups in total. The van der Waals surface area contributed by atoms with Crippen molar-refractivity contribution < 1.29 is 9.53 Å². The van der Waals surface area contributed by atoms with Crippen LogP contribution in [-0.4, -0.2) is 54.3 Å². The molecule has 0 radical (unpaired) electrons. The fourth-order valence-electron chi connectivity index (χ4n) is 6.23. The van der Waals surface area contributed by atoms with Gasteiger partial charge in [-0.05, 0) is 44.1 Å². The molecule has 3 atom stereocenters. The van der Waals surface area contributed by atoms with Crippen molar-refractivity contribution >= 4 is 5.91 Å². The van der Waals surface area contributed by atoms with Gasteiger partial charge in [0.1, 0.15) is 0 Å². The molecule has 158 valence electrons. The second kappa shape index (κ2) is 8.23. The van der Waals surface area contributed by atoms with E-state index in [2.05, 4.69) is 16.3 Å². The first-order chi connectivity index (χ1) is 14.2. The lowest BCUT2D eigenvalue weighted by molar-refractivity contribution is -0.125. The maximum absolute atomic E-state index is 12.8. The molecule has 0 spiro atoms. The topological polar surface area (TPSA) is 63.6 Å². The van der Waals surface area contributed by atoms with E-state index in [1.54, 1.807) is 6.07 Å². The largest absolute Gasteiger partial charge is 0.381 e. The van der Waals surface area contributed by atoms with Crippen LogP contribution in [0, 0.1) is 11.8 Å². The number of nitrogens with one attached hydrogen (secondary N) is 1. The number of pyridine rings is 1. The molecule has 0 aromatic carbocycles. The van der Waals surface area contributed by atoms with Crippen LogP contribution in [-0.2, 0) is 9.53 Å². The Labute approximate surface area is 172 Å². The van der Waals surface area contributed by atoms with E-state index in [4.69, 9.17) is 4.74 Å². The molecule has 1 aliphatic carbocycles. The van der Waals surface area contributed by atoms with E-state index in [0.29, 0.717) is 24.4 Å². The van der Waals surface area contributed by atoms with Gasteiger partial charge in [0.15, 0.2) is 0 Å². The van der Waals surface area contributed by atoms with Gasteiger partial charge in [-0.15, -0.1) is 0 Å². The summed E-state index contributed by atoms with van der Waals surface area (Å²) < 4.78 is 7.58. The Balaban J connectivity index is 1.38. The fraction of sp³-hybridized carbons (Fsp3) is 0.739. The van der Waals surface area contributed by atoms with E-state index in [-0.39, 0.29) is 23.4 Å². The average Bonchev–Trinajstić information content (AvgIpc) is 3.29. The molecule has 5 rings (SSSR count). The summed E-state index contributed by atoms with van der Waals surface area (Å²) in [6.07, 6.45) is 7.66. The number of fused-ring (bicyclic) bond motifs is 4. The molecular weight excluding hydrogens is 366 g/mol. The molecule has 29 heavy (non-hydrogen) atoms. The van der Waals surface area contributed by atoms with Crippen LogP contribution in [0.2, 0.25) is 0 Å². The minimum Gasteiger partial charge on any atom is -0.381 e. The lowest BCUT2D eigenvalue weighted by atomic mass is 9.77. The van der Waals surface area contributed by atoms with Crippen molar-refractivity contribution in [3.63, 3.8) is 0 Å². The number of piperidine rings is 1. The van der Waals surface area contributed by atoms with Crippen molar-refractivity contribution in [2.75, 3.05) is 32.8 Å². The van der Waals surface area contributed by atoms with E-state index < -0.39 is 0 Å². The van der Waals surface area contributed by atoms with Crippen LogP contribution in [0.1, 0.15) is 62.6 Å². The summed E-state index contributed by atoms with van der Waals surface area (Å²) in [6, 6.07) is 6.34. The van der Waals surface area contributed by atoms with Gasteiger partial charge in [-0.3, -0.25) is 14.5 Å². The molecule has 1 amide bonds. The van der Waals surface area contributed by atoms with Crippen LogP contribution in [0.15, 0.2) is 23.0 Å². The molecule has 0 unspecified atom stereocenters. The Hall–Kier alpha value is -1.66. The summed E-state index contributed by atoms with van der Waals surface area (Å²) >= 11 is 0. The molecule has 3 fully saturated rings. The third-order valence-corrected chi connectivity index (χ3v) is 7.75. The van der Waals surface area contributed by atoms with E-state index in [1.807, 2.05) is 10.6 Å². The Kier molecular flexibility index (Phi) is 5.48. The average molecular weight is 400 g/mol. The number of amides is 1. The van der Waals surface area contributed by atoms with Gasteiger partial charge in [0.2, 0.25) is 5.91 Å². The molecule has 4 heterocycles. The van der Waals surface area contributed by atoms with E-state index in [1.165, 1.54) is 0 Å². The van der Waals surface area contributed by atoms with Crippen molar-refractivity contribution in [2.45, 2.75) is 62.9 Å². The predicted molar refractivity (Wildman–Crippen MR) is 111 cm³/mol. The predicted octanol–water partition coefficient (Wildman–Crippen LogP) is 2.29. The highest BCUT2D eigenvalue weighted by molar-refractivity contribution is 5.78. The third-order valence-electron chi connectivity index (χ3n) is 7.75. The van der Waals surface area contributed by atoms with Crippen molar-refractivity contribution in [1.29, 1.82) is 0 Å². The lowest BCUT2D eigenvalue weighted by Gasteiger charge is -2.49. The number of carbonyl (C=O) groups is 1. The molecular formula is C23H33N3O3. The van der Waals surface area contributed by atoms with Crippen LogP contribution in [0.25, 0.3) is 0 Å². The second-order valence-corrected chi connectivity index (χ2v) is 9.44. The SMILES string of the molecule is O=C(NC[C@H]1[C@H]2C[C@H](CN(C3CCOCC3)C2)c2cccc(=O)n21)C1CCCC1. The molecule has 6 heteroatoms. The summed E-state index contributed by atoms with van der Waals surface area (Å²) in [4.78, 5) is 28.1. The Morgan fingerprint density at radius 1 is 1.10 bits per heavy atom. The van der Waals surface area contributed by atoms with Crippen molar-refractivity contribution in [3.05, 3.63) is 34.2 Å². The number of aromatic nitrogens is 1. The van der Waals surface area contributed by atoms with Gasteiger partial charge in [-0.1, -0.05) is 18.9 Å². The van der Waals surface area contributed by atoms with Crippen LogP contribution < -0.4 is 10.9 Å². The number of carbonyl (C=O) groups excluding carboxylic acids is 1. The molecule has 1 aromatic rings. The molecule has 2 bridgehead atoms. The van der Waals surface area contributed by atoms with Crippen LogP contribution in [0.4, 0.5) is 0 Å². The fourth-order valence-corrected chi connectivity index (χ4v) is 6.23. The normalized spacial score (nSPS) is 30.8. The summed E-state index contributed by atoms with van der Waals surface area (Å²) in [5.74, 6) is 1.18. The lowest BCUT2D eigenvalue weighted by Crippen LogP contribution is -2.55. The number of hydrogen-bond acceptors (Lipinski definition) is 4. The maximum atomic E-state index is 12.8. The molecule has 1 saturated carbocycles. The van der Waals surface area contributed by atoms with Gasteiger partial charge in [-0.2, -0.15) is 0 Å². The zero-order chi connectivity index (χ0) is 19.8. The van der Waals surface area contributed by atoms with E-state index in [0.717, 1.165) is 76.9 Å². The van der Waals surface area contributed by atoms with E-state index in [9.17, 15) is 9.59 Å². The van der Waals surface area contributed by atoms with Gasteiger partial charge in [-0.25, -0.2) is 0 Å². The van der Waals surface area contributed by atoms with Crippen LogP contribution in [0.5, 0.6) is 0 Å². The monoisotopic (exact) mass is 399 g/mol. The highest BCUT2D eigenvalue weighted by atomic mass is 16.5. The highest BCUT2D eigenvalue weighted by Gasteiger charge is 2.42. The third kappa shape index (κ3) is 3.77. The first-order valence-corrected chi connectivity index (χ1v) is 11.5. The molecule has 4 aliphatic rings. The van der Waals surface area contributed by atoms with Gasteiger partial charge in [0.25, 0.3) is 5.56 Å². The number of hydrogen-bond donors (Lipinski definition) is 1. The zero-order valence-corrected chi connectivity index (χ0v) is 17.2. The molecule has 3 aliphatic heterocycles. The van der Waals surface area contributed by atoms with Crippen LogP contribution >= 0.6 is 0 Å². The van der Waals surface area contributed by atoms with Gasteiger partial charge in [0.05, 0.1) is 6.04 Å². The second-order valence-electron chi connectivity index (χ2n) is 9.44. The van der Waals surface area contributed by atoms with Gasteiger partial charge < -0.3 is 14.6 Å². The first-order valence-electron chi connectivity index (χ1n) is 11.5. The summed E-state index contributed by atoms with van der Waals surface area (Å²) in [7, 11) is 0. The van der Waals surface area contributed by atoms with Gasteiger partial charge >= 0.3 is 0 Å². The maximum Gasteiger partial charge on any atom is 0.251 e. The number of likely N-dealkylation sites (tertiary alicyclic amines) is 1. The summed E-state index contributed by atoms with van der Waals surface area (Å²) in [5, 5.41) is 3.22. The summed E-state index contributed by atoms with van der Waals surface area (Å²) in [6.45, 7) is 4.34. The van der Waals surface area contributed by atoms with Crippen molar-refractivity contribution in [1.82, 2.24) is 14.8 Å². The zero-order valence-electron chi connectivity index (χ0n) is 17.2. The molecule has 6 nitrogen and oxygen atoms in total. The quantitative estimate of drug-likeness (QED) is 0.844. The Morgan fingerprint density at radius 2 is 1.90 bits per heavy atom. The number of rotatable bonds is 4. The smallest absolute Gasteiger partial charge is 0.251 e. The Bertz CT molecular complexity index is 795. The van der Waals surface area contributed by atoms with Crippen molar-refractivity contribution in [3.8, 4) is 0 Å². The number of ether oxygens (including phenoxy) is 1. The van der Waals surface area contributed by atoms with Crippen molar-refractivity contribution in [2.24, 2.45) is 11.8 Å². The Morgan fingerprint density at radius 3 is 2.69 bits per heavy atom.